The number of nitrogen functional groups attached to an aromatic ring is 1. The molecule has 0 aliphatic heterocycles. The number of rotatable bonds is 3. The van der Waals surface area contributed by atoms with Crippen molar-refractivity contribution in [1.82, 2.24) is 9.80 Å². The van der Waals surface area contributed by atoms with Crippen LogP contribution in [0.5, 0.6) is 5.75 Å². The number of anilines is 1. The zero-order valence-corrected chi connectivity index (χ0v) is 10.7. The zero-order valence-electron chi connectivity index (χ0n) is 10.7. The van der Waals surface area contributed by atoms with E-state index in [9.17, 15) is 14.7 Å². The van der Waals surface area contributed by atoms with Gasteiger partial charge in [-0.2, -0.15) is 0 Å². The molecule has 0 radical (unpaired) electrons. The summed E-state index contributed by atoms with van der Waals surface area (Å²) >= 11 is 0. The number of aromatic hydroxyl groups is 1. The van der Waals surface area contributed by atoms with Crippen molar-refractivity contribution in [3.05, 3.63) is 23.8 Å². The molecule has 0 fully saturated rings. The molecular weight excluding hydrogens is 234 g/mol. The van der Waals surface area contributed by atoms with E-state index in [1.54, 1.807) is 20.2 Å². The lowest BCUT2D eigenvalue weighted by atomic mass is 10.1. The van der Waals surface area contributed by atoms with Gasteiger partial charge in [-0.15, -0.1) is 0 Å². The van der Waals surface area contributed by atoms with Gasteiger partial charge in [0.05, 0.1) is 17.8 Å². The Morgan fingerprint density at radius 1 is 1.28 bits per heavy atom. The number of amides is 2. The number of likely N-dealkylation sites (N-methyl/N-ethyl adjacent to an activating group) is 2. The van der Waals surface area contributed by atoms with Crippen LogP contribution in [0.4, 0.5) is 5.69 Å². The van der Waals surface area contributed by atoms with E-state index in [0.29, 0.717) is 0 Å². The molecule has 18 heavy (non-hydrogen) atoms. The van der Waals surface area contributed by atoms with E-state index in [0.717, 1.165) is 0 Å². The van der Waals surface area contributed by atoms with Gasteiger partial charge in [-0.1, -0.05) is 6.07 Å². The second-order valence-corrected chi connectivity index (χ2v) is 4.19. The van der Waals surface area contributed by atoms with Crippen molar-refractivity contribution in [3.63, 3.8) is 0 Å². The second-order valence-electron chi connectivity index (χ2n) is 4.19. The average molecular weight is 251 g/mol. The molecule has 1 aromatic carbocycles. The summed E-state index contributed by atoms with van der Waals surface area (Å²) < 4.78 is 0. The lowest BCUT2D eigenvalue weighted by Crippen LogP contribution is -2.37. The highest BCUT2D eigenvalue weighted by Crippen LogP contribution is 2.25. The van der Waals surface area contributed by atoms with Crippen LogP contribution in [0.25, 0.3) is 0 Å². The summed E-state index contributed by atoms with van der Waals surface area (Å²) in [7, 11) is 4.71. The second kappa shape index (κ2) is 5.39. The Bertz CT molecular complexity index is 472. The van der Waals surface area contributed by atoms with Crippen LogP contribution in [0.15, 0.2) is 18.2 Å². The average Bonchev–Trinajstić information content (AvgIpc) is 2.31. The van der Waals surface area contributed by atoms with Gasteiger partial charge in [-0.25, -0.2) is 0 Å². The van der Waals surface area contributed by atoms with Gasteiger partial charge in [0.1, 0.15) is 0 Å². The Labute approximate surface area is 106 Å². The van der Waals surface area contributed by atoms with Crippen LogP contribution in [0.3, 0.4) is 0 Å². The highest BCUT2D eigenvalue weighted by molar-refractivity contribution is 5.99. The quantitative estimate of drug-likeness (QED) is 0.590. The molecule has 0 aromatic heterocycles. The molecular formula is C12H17N3O3. The maximum atomic E-state index is 12.0. The molecule has 0 atom stereocenters. The molecule has 98 valence electrons. The van der Waals surface area contributed by atoms with Gasteiger partial charge in [-0.3, -0.25) is 9.59 Å². The SMILES string of the molecule is CN(C)C(=O)CN(C)C(=O)c1cccc(N)c1O. The standard InChI is InChI=1S/C12H17N3O3/c1-14(2)10(16)7-15(3)12(18)8-5-4-6-9(13)11(8)17/h4-6,17H,7,13H2,1-3H3. The van der Waals surface area contributed by atoms with Crippen molar-refractivity contribution in [1.29, 1.82) is 0 Å². The number of phenols is 1. The normalized spacial score (nSPS) is 9.94. The van der Waals surface area contributed by atoms with Crippen molar-refractivity contribution in [3.8, 4) is 5.75 Å². The summed E-state index contributed by atoms with van der Waals surface area (Å²) in [6.07, 6.45) is 0. The van der Waals surface area contributed by atoms with Crippen LogP contribution in [0.2, 0.25) is 0 Å². The molecule has 0 bridgehead atoms. The lowest BCUT2D eigenvalue weighted by Gasteiger charge is -2.19. The van der Waals surface area contributed by atoms with Crippen LogP contribution in [0.1, 0.15) is 10.4 Å². The molecule has 0 unspecified atom stereocenters. The molecule has 6 heteroatoms. The predicted octanol–water partition coefficient (Wildman–Crippen LogP) is 0.135. The third kappa shape index (κ3) is 2.91. The predicted molar refractivity (Wildman–Crippen MR) is 68.2 cm³/mol. The summed E-state index contributed by atoms with van der Waals surface area (Å²) in [6, 6.07) is 4.53. The molecule has 2 amide bonds. The van der Waals surface area contributed by atoms with E-state index in [2.05, 4.69) is 0 Å². The molecule has 0 aliphatic carbocycles. The van der Waals surface area contributed by atoms with E-state index in [-0.39, 0.29) is 29.5 Å². The molecule has 0 aliphatic rings. The van der Waals surface area contributed by atoms with E-state index < -0.39 is 5.91 Å². The van der Waals surface area contributed by atoms with E-state index in [4.69, 9.17) is 5.73 Å². The van der Waals surface area contributed by atoms with Crippen LogP contribution < -0.4 is 5.73 Å². The minimum atomic E-state index is -0.449. The van der Waals surface area contributed by atoms with Gasteiger partial charge >= 0.3 is 0 Å². The highest BCUT2D eigenvalue weighted by atomic mass is 16.3. The van der Waals surface area contributed by atoms with E-state index >= 15 is 0 Å². The Morgan fingerprint density at radius 2 is 1.89 bits per heavy atom. The fraction of sp³-hybridized carbons (Fsp3) is 0.333. The van der Waals surface area contributed by atoms with Crippen molar-refractivity contribution in [2.45, 2.75) is 0 Å². The molecule has 3 N–H and O–H groups in total. The number of nitrogens with zero attached hydrogens (tertiary/aromatic N) is 2. The van der Waals surface area contributed by atoms with Crippen molar-refractivity contribution >= 4 is 17.5 Å². The molecule has 0 heterocycles. The Balaban J connectivity index is 2.87. The van der Waals surface area contributed by atoms with Crippen LogP contribution in [-0.2, 0) is 4.79 Å². The van der Waals surface area contributed by atoms with E-state index in [1.165, 1.54) is 29.0 Å². The van der Waals surface area contributed by atoms with Gasteiger partial charge < -0.3 is 20.6 Å². The summed E-state index contributed by atoms with van der Waals surface area (Å²) in [4.78, 5) is 26.1. The maximum absolute atomic E-state index is 12.0. The summed E-state index contributed by atoms with van der Waals surface area (Å²) in [5, 5.41) is 9.69. The first-order valence-electron chi connectivity index (χ1n) is 5.37. The number of carbonyl (C=O) groups is 2. The fourth-order valence-corrected chi connectivity index (χ4v) is 1.36. The number of carbonyl (C=O) groups excluding carboxylic acids is 2. The molecule has 0 saturated carbocycles. The first kappa shape index (κ1) is 13.8. The highest BCUT2D eigenvalue weighted by Gasteiger charge is 2.19. The Morgan fingerprint density at radius 3 is 2.44 bits per heavy atom. The van der Waals surface area contributed by atoms with Crippen molar-refractivity contribution in [2.75, 3.05) is 33.4 Å². The first-order valence-corrected chi connectivity index (χ1v) is 5.37. The Kier molecular flexibility index (Phi) is 4.14. The maximum Gasteiger partial charge on any atom is 0.257 e. The first-order chi connectivity index (χ1) is 8.34. The Hall–Kier alpha value is -2.24. The third-order valence-electron chi connectivity index (χ3n) is 2.52. The van der Waals surface area contributed by atoms with Crippen LogP contribution in [-0.4, -0.2) is 54.4 Å². The molecule has 0 saturated heterocycles. The van der Waals surface area contributed by atoms with Gasteiger partial charge in [0, 0.05) is 21.1 Å². The van der Waals surface area contributed by atoms with Crippen LogP contribution >= 0.6 is 0 Å². The molecule has 1 aromatic rings. The molecule has 6 nitrogen and oxygen atoms in total. The largest absolute Gasteiger partial charge is 0.505 e. The van der Waals surface area contributed by atoms with Crippen molar-refractivity contribution < 1.29 is 14.7 Å². The number of nitrogens with two attached hydrogens (primary N) is 1. The summed E-state index contributed by atoms with van der Waals surface area (Å²) in [6.45, 7) is -0.0555. The number of benzene rings is 1. The minimum Gasteiger partial charge on any atom is -0.505 e. The molecule has 0 spiro atoms. The molecule has 1 rings (SSSR count). The number of hydrogen-bond acceptors (Lipinski definition) is 4. The number of hydrogen-bond donors (Lipinski definition) is 2. The summed E-state index contributed by atoms with van der Waals surface area (Å²) in [5.41, 5.74) is 5.73. The van der Waals surface area contributed by atoms with Gasteiger partial charge in [0.2, 0.25) is 5.91 Å². The zero-order chi connectivity index (χ0) is 13.9. The van der Waals surface area contributed by atoms with Crippen LogP contribution in [0, 0.1) is 0 Å². The van der Waals surface area contributed by atoms with E-state index in [1.807, 2.05) is 0 Å². The topological polar surface area (TPSA) is 86.9 Å². The fourth-order valence-electron chi connectivity index (χ4n) is 1.36. The van der Waals surface area contributed by atoms with Gasteiger partial charge in [-0.05, 0) is 12.1 Å². The number of phenolic OH excluding ortho intramolecular Hbond substituents is 1. The monoisotopic (exact) mass is 251 g/mol. The minimum absolute atomic E-state index is 0.0555. The van der Waals surface area contributed by atoms with Crippen molar-refractivity contribution in [2.24, 2.45) is 0 Å². The number of para-hydroxylation sites is 1. The smallest absolute Gasteiger partial charge is 0.257 e. The van der Waals surface area contributed by atoms with Gasteiger partial charge in [0.25, 0.3) is 5.91 Å². The summed E-state index contributed by atoms with van der Waals surface area (Å²) in [5.74, 6) is -0.907. The van der Waals surface area contributed by atoms with Gasteiger partial charge in [0.15, 0.2) is 5.75 Å². The lowest BCUT2D eigenvalue weighted by molar-refractivity contribution is -0.129. The third-order valence-corrected chi connectivity index (χ3v) is 2.52.